The van der Waals surface area contributed by atoms with Gasteiger partial charge in [-0.3, -0.25) is 0 Å². The first-order valence-electron chi connectivity index (χ1n) is 6.96. The summed E-state index contributed by atoms with van der Waals surface area (Å²) in [5.41, 5.74) is 2.38. The number of aromatic nitrogens is 1. The molecule has 20 heavy (non-hydrogen) atoms. The molecule has 0 saturated carbocycles. The molecule has 0 bridgehead atoms. The third-order valence-corrected chi connectivity index (χ3v) is 3.49. The number of nitrogens with one attached hydrogen (secondary N) is 1. The Hall–Kier alpha value is -2.23. The zero-order valence-electron chi connectivity index (χ0n) is 11.7. The van der Waals surface area contributed by atoms with Gasteiger partial charge in [0.05, 0.1) is 12.3 Å². The number of ether oxygens (including phenoxy) is 1. The Labute approximate surface area is 119 Å². The molecule has 104 valence electrons. The average Bonchev–Trinajstić information content (AvgIpc) is 2.71. The fraction of sp³-hybridized carbons (Fsp3) is 0.312. The van der Waals surface area contributed by atoms with E-state index < -0.39 is 0 Å². The van der Waals surface area contributed by atoms with Gasteiger partial charge in [-0.05, 0) is 30.2 Å². The molecule has 1 N–H and O–H groups in total. The van der Waals surface area contributed by atoms with Crippen molar-refractivity contribution in [2.45, 2.75) is 13.0 Å². The SMILES string of the molecule is CNc1ccc(CN2CCCOc3ccccc32)cn1. The molecule has 0 amide bonds. The molecule has 1 aliphatic heterocycles. The molecule has 0 radical (unpaired) electrons. The molecule has 0 spiro atoms. The van der Waals surface area contributed by atoms with E-state index in [0.29, 0.717) is 0 Å². The van der Waals surface area contributed by atoms with Crippen molar-refractivity contribution in [1.29, 1.82) is 0 Å². The first-order chi connectivity index (χ1) is 9.86. The summed E-state index contributed by atoms with van der Waals surface area (Å²) in [6.07, 6.45) is 2.97. The molecule has 4 nitrogen and oxygen atoms in total. The monoisotopic (exact) mass is 269 g/mol. The van der Waals surface area contributed by atoms with Crippen LogP contribution in [0, 0.1) is 0 Å². The molecule has 1 aromatic heterocycles. The van der Waals surface area contributed by atoms with Crippen molar-refractivity contribution in [3.8, 4) is 5.75 Å². The summed E-state index contributed by atoms with van der Waals surface area (Å²) in [6, 6.07) is 12.4. The summed E-state index contributed by atoms with van der Waals surface area (Å²) in [6.45, 7) is 2.65. The van der Waals surface area contributed by atoms with E-state index in [2.05, 4.69) is 33.4 Å². The largest absolute Gasteiger partial charge is 0.491 e. The number of rotatable bonds is 3. The lowest BCUT2D eigenvalue weighted by atomic mass is 10.2. The number of pyridine rings is 1. The van der Waals surface area contributed by atoms with Gasteiger partial charge < -0.3 is 15.0 Å². The number of para-hydroxylation sites is 2. The molecule has 1 aromatic carbocycles. The van der Waals surface area contributed by atoms with Crippen LogP contribution < -0.4 is 15.0 Å². The van der Waals surface area contributed by atoms with Gasteiger partial charge >= 0.3 is 0 Å². The number of benzene rings is 1. The summed E-state index contributed by atoms with van der Waals surface area (Å²) >= 11 is 0. The number of nitrogens with zero attached hydrogens (tertiary/aromatic N) is 2. The Morgan fingerprint density at radius 3 is 2.95 bits per heavy atom. The Kier molecular flexibility index (Phi) is 3.72. The first-order valence-corrected chi connectivity index (χ1v) is 6.96. The number of fused-ring (bicyclic) bond motifs is 1. The summed E-state index contributed by atoms with van der Waals surface area (Å²) in [4.78, 5) is 6.73. The summed E-state index contributed by atoms with van der Waals surface area (Å²) < 4.78 is 5.79. The maximum Gasteiger partial charge on any atom is 0.142 e. The van der Waals surface area contributed by atoms with E-state index in [9.17, 15) is 0 Å². The molecule has 0 saturated heterocycles. The Morgan fingerprint density at radius 1 is 1.25 bits per heavy atom. The molecular formula is C16H19N3O. The zero-order valence-corrected chi connectivity index (χ0v) is 11.7. The maximum absolute atomic E-state index is 5.79. The minimum atomic E-state index is 0.782. The van der Waals surface area contributed by atoms with Gasteiger partial charge in [0.15, 0.2) is 0 Å². The highest BCUT2D eigenvalue weighted by Gasteiger charge is 2.15. The lowest BCUT2D eigenvalue weighted by molar-refractivity contribution is 0.322. The van der Waals surface area contributed by atoms with Gasteiger partial charge in [-0.25, -0.2) is 4.98 Å². The van der Waals surface area contributed by atoms with Crippen molar-refractivity contribution in [1.82, 2.24) is 4.98 Å². The molecule has 2 aromatic rings. The number of hydrogen-bond donors (Lipinski definition) is 1. The molecule has 4 heteroatoms. The lowest BCUT2D eigenvalue weighted by Crippen LogP contribution is -2.23. The van der Waals surface area contributed by atoms with Crippen molar-refractivity contribution >= 4 is 11.5 Å². The van der Waals surface area contributed by atoms with Crippen LogP contribution in [0.4, 0.5) is 11.5 Å². The fourth-order valence-corrected chi connectivity index (χ4v) is 2.45. The van der Waals surface area contributed by atoms with Crippen LogP contribution in [0.2, 0.25) is 0 Å². The highest BCUT2D eigenvalue weighted by Crippen LogP contribution is 2.31. The summed E-state index contributed by atoms with van der Waals surface area (Å²) in [7, 11) is 1.88. The van der Waals surface area contributed by atoms with Crippen molar-refractivity contribution in [3.05, 3.63) is 48.2 Å². The molecule has 0 unspecified atom stereocenters. The Balaban J connectivity index is 1.82. The van der Waals surface area contributed by atoms with Gasteiger partial charge in [-0.1, -0.05) is 18.2 Å². The molecule has 0 fully saturated rings. The van der Waals surface area contributed by atoms with Crippen LogP contribution in [0.3, 0.4) is 0 Å². The predicted octanol–water partition coefficient (Wildman–Crippen LogP) is 2.91. The minimum absolute atomic E-state index is 0.782. The normalized spacial score (nSPS) is 14.2. The minimum Gasteiger partial charge on any atom is -0.491 e. The van der Waals surface area contributed by atoms with Gasteiger partial charge in [0.1, 0.15) is 11.6 Å². The maximum atomic E-state index is 5.79. The van der Waals surface area contributed by atoms with E-state index in [4.69, 9.17) is 4.74 Å². The van der Waals surface area contributed by atoms with Crippen LogP contribution in [0.25, 0.3) is 0 Å². The Bertz CT molecular complexity index is 568. The van der Waals surface area contributed by atoms with Crippen molar-refractivity contribution in [3.63, 3.8) is 0 Å². The third-order valence-electron chi connectivity index (χ3n) is 3.49. The molecule has 1 aliphatic rings. The van der Waals surface area contributed by atoms with Gasteiger partial charge in [0.25, 0.3) is 0 Å². The Morgan fingerprint density at radius 2 is 2.15 bits per heavy atom. The molecule has 0 atom stereocenters. The summed E-state index contributed by atoms with van der Waals surface area (Å²) in [5, 5.41) is 3.04. The average molecular weight is 269 g/mol. The predicted molar refractivity (Wildman–Crippen MR) is 81.4 cm³/mol. The second-order valence-corrected chi connectivity index (χ2v) is 4.89. The third kappa shape index (κ3) is 2.69. The topological polar surface area (TPSA) is 37.4 Å². The number of hydrogen-bond acceptors (Lipinski definition) is 4. The smallest absolute Gasteiger partial charge is 0.142 e. The van der Waals surface area contributed by atoms with E-state index in [1.807, 2.05) is 31.4 Å². The van der Waals surface area contributed by atoms with E-state index in [1.54, 1.807) is 0 Å². The molecule has 0 aliphatic carbocycles. The second-order valence-electron chi connectivity index (χ2n) is 4.89. The van der Waals surface area contributed by atoms with E-state index in [0.717, 1.165) is 37.7 Å². The van der Waals surface area contributed by atoms with Crippen LogP contribution in [-0.4, -0.2) is 25.2 Å². The standard InChI is InChI=1S/C16H19N3O/c1-17-16-8-7-13(11-18-16)12-19-9-4-10-20-15-6-3-2-5-14(15)19/h2-3,5-8,11H,4,9-10,12H2,1H3,(H,17,18). The van der Waals surface area contributed by atoms with Crippen LogP contribution >= 0.6 is 0 Å². The van der Waals surface area contributed by atoms with Crippen LogP contribution in [0.15, 0.2) is 42.6 Å². The summed E-state index contributed by atoms with van der Waals surface area (Å²) in [5.74, 6) is 1.87. The first kappa shape index (κ1) is 12.8. The second kappa shape index (κ2) is 5.82. The van der Waals surface area contributed by atoms with Crippen LogP contribution in [-0.2, 0) is 6.54 Å². The van der Waals surface area contributed by atoms with E-state index >= 15 is 0 Å². The lowest BCUT2D eigenvalue weighted by Gasteiger charge is -2.23. The van der Waals surface area contributed by atoms with Gasteiger partial charge in [-0.15, -0.1) is 0 Å². The quantitative estimate of drug-likeness (QED) is 0.929. The van der Waals surface area contributed by atoms with Gasteiger partial charge in [-0.2, -0.15) is 0 Å². The van der Waals surface area contributed by atoms with Crippen molar-refractivity contribution < 1.29 is 4.74 Å². The van der Waals surface area contributed by atoms with Crippen LogP contribution in [0.5, 0.6) is 5.75 Å². The van der Waals surface area contributed by atoms with E-state index in [-0.39, 0.29) is 0 Å². The highest BCUT2D eigenvalue weighted by molar-refractivity contribution is 5.59. The molecular weight excluding hydrogens is 250 g/mol. The number of anilines is 2. The molecule has 3 rings (SSSR count). The highest BCUT2D eigenvalue weighted by atomic mass is 16.5. The van der Waals surface area contributed by atoms with Gasteiger partial charge in [0, 0.05) is 26.3 Å². The van der Waals surface area contributed by atoms with Crippen LogP contribution in [0.1, 0.15) is 12.0 Å². The molecule has 2 heterocycles. The van der Waals surface area contributed by atoms with Crippen molar-refractivity contribution in [2.75, 3.05) is 30.4 Å². The van der Waals surface area contributed by atoms with Gasteiger partial charge in [0.2, 0.25) is 0 Å². The zero-order chi connectivity index (χ0) is 13.8. The van der Waals surface area contributed by atoms with Crippen molar-refractivity contribution in [2.24, 2.45) is 0 Å². The van der Waals surface area contributed by atoms with E-state index in [1.165, 1.54) is 11.3 Å². The fourth-order valence-electron chi connectivity index (χ4n) is 2.45.